The summed E-state index contributed by atoms with van der Waals surface area (Å²) in [6.07, 6.45) is 7.24. The van der Waals surface area contributed by atoms with E-state index in [1.54, 1.807) is 0 Å². The molecule has 0 saturated heterocycles. The molecule has 0 atom stereocenters. The Morgan fingerprint density at radius 1 is 1.00 bits per heavy atom. The maximum Gasteiger partial charge on any atom is -0.000000945 e. The van der Waals surface area contributed by atoms with Gasteiger partial charge in [-0.1, -0.05) is 47.0 Å². The second-order valence-electron chi connectivity index (χ2n) is 6.49. The lowest BCUT2D eigenvalue weighted by atomic mass is 9.81. The minimum Gasteiger partial charge on any atom is -0.316 e. The first-order chi connectivity index (χ1) is 7.01. The van der Waals surface area contributed by atoms with E-state index in [1.165, 1.54) is 38.6 Å². The van der Waals surface area contributed by atoms with Crippen molar-refractivity contribution < 1.29 is 0 Å². The SMILES string of the molecule is CCC1CCC(CNCC(C)(C)C)CC1. The van der Waals surface area contributed by atoms with Gasteiger partial charge in [0.25, 0.3) is 0 Å². The van der Waals surface area contributed by atoms with Gasteiger partial charge in [-0.2, -0.15) is 0 Å². The normalized spacial score (nSPS) is 28.0. The fourth-order valence-electron chi connectivity index (χ4n) is 2.50. The number of nitrogens with one attached hydrogen (secondary N) is 1. The van der Waals surface area contributed by atoms with E-state index in [9.17, 15) is 0 Å². The van der Waals surface area contributed by atoms with Gasteiger partial charge in [0.15, 0.2) is 0 Å². The zero-order chi connectivity index (χ0) is 11.3. The molecule has 15 heavy (non-hydrogen) atoms. The Kier molecular flexibility index (Phi) is 5.11. The van der Waals surface area contributed by atoms with Gasteiger partial charge in [-0.3, -0.25) is 0 Å². The van der Waals surface area contributed by atoms with Gasteiger partial charge < -0.3 is 5.32 Å². The third kappa shape index (κ3) is 5.55. The van der Waals surface area contributed by atoms with Crippen molar-refractivity contribution in [3.8, 4) is 0 Å². The van der Waals surface area contributed by atoms with Crippen LogP contribution in [0.4, 0.5) is 0 Å². The second kappa shape index (κ2) is 5.89. The van der Waals surface area contributed by atoms with Gasteiger partial charge in [-0.05, 0) is 43.2 Å². The second-order valence-corrected chi connectivity index (χ2v) is 6.49. The largest absolute Gasteiger partial charge is 0.316 e. The molecule has 1 heteroatoms. The predicted octanol–water partition coefficient (Wildman–Crippen LogP) is 3.84. The lowest BCUT2D eigenvalue weighted by Gasteiger charge is -2.29. The van der Waals surface area contributed by atoms with Crippen LogP contribution in [0.3, 0.4) is 0 Å². The molecule has 1 saturated carbocycles. The quantitative estimate of drug-likeness (QED) is 0.745. The van der Waals surface area contributed by atoms with E-state index in [0.717, 1.165) is 18.4 Å². The highest BCUT2D eigenvalue weighted by molar-refractivity contribution is 4.74. The van der Waals surface area contributed by atoms with Gasteiger partial charge in [0.1, 0.15) is 0 Å². The molecule has 0 heterocycles. The van der Waals surface area contributed by atoms with E-state index >= 15 is 0 Å². The summed E-state index contributed by atoms with van der Waals surface area (Å²) in [7, 11) is 0. The maximum absolute atomic E-state index is 3.63. The summed E-state index contributed by atoms with van der Waals surface area (Å²) in [5.74, 6) is 1.99. The summed E-state index contributed by atoms with van der Waals surface area (Å²) in [6, 6.07) is 0. The number of hydrogen-bond donors (Lipinski definition) is 1. The molecule has 0 bridgehead atoms. The van der Waals surface area contributed by atoms with E-state index < -0.39 is 0 Å². The minimum absolute atomic E-state index is 0.431. The third-order valence-corrected chi connectivity index (χ3v) is 3.63. The summed E-state index contributed by atoms with van der Waals surface area (Å²) >= 11 is 0. The summed E-state index contributed by atoms with van der Waals surface area (Å²) in [6.45, 7) is 11.6. The molecule has 0 spiro atoms. The summed E-state index contributed by atoms with van der Waals surface area (Å²) in [5, 5.41) is 3.63. The van der Waals surface area contributed by atoms with Gasteiger partial charge in [-0.15, -0.1) is 0 Å². The van der Waals surface area contributed by atoms with E-state index in [-0.39, 0.29) is 0 Å². The van der Waals surface area contributed by atoms with Crippen LogP contribution in [-0.4, -0.2) is 13.1 Å². The Morgan fingerprint density at radius 2 is 1.53 bits per heavy atom. The van der Waals surface area contributed by atoms with Crippen LogP contribution in [0.15, 0.2) is 0 Å². The maximum atomic E-state index is 3.63. The summed E-state index contributed by atoms with van der Waals surface area (Å²) in [4.78, 5) is 0. The summed E-state index contributed by atoms with van der Waals surface area (Å²) < 4.78 is 0. The van der Waals surface area contributed by atoms with Crippen molar-refractivity contribution in [2.75, 3.05) is 13.1 Å². The smallest absolute Gasteiger partial charge is 0.000000945 e. The zero-order valence-electron chi connectivity index (χ0n) is 11.1. The Morgan fingerprint density at radius 3 is 2.00 bits per heavy atom. The standard InChI is InChI=1S/C14H29N/c1-5-12-6-8-13(9-7-12)10-15-11-14(2,3)4/h12-13,15H,5-11H2,1-4H3. The lowest BCUT2D eigenvalue weighted by Crippen LogP contribution is -2.32. The van der Waals surface area contributed by atoms with Crippen molar-refractivity contribution >= 4 is 0 Å². The predicted molar refractivity (Wildman–Crippen MR) is 68.1 cm³/mol. The molecule has 1 rings (SSSR count). The van der Waals surface area contributed by atoms with Crippen LogP contribution in [0.1, 0.15) is 59.8 Å². The van der Waals surface area contributed by atoms with E-state index in [4.69, 9.17) is 0 Å². The Labute approximate surface area is 96.0 Å². The Hall–Kier alpha value is -0.0400. The van der Waals surface area contributed by atoms with Crippen molar-refractivity contribution in [1.82, 2.24) is 5.32 Å². The molecule has 1 N–H and O–H groups in total. The molecule has 1 aliphatic carbocycles. The van der Waals surface area contributed by atoms with Gasteiger partial charge in [-0.25, -0.2) is 0 Å². The molecule has 0 aromatic carbocycles. The molecule has 0 aliphatic heterocycles. The van der Waals surface area contributed by atoms with Crippen LogP contribution in [0.2, 0.25) is 0 Å². The minimum atomic E-state index is 0.431. The highest BCUT2D eigenvalue weighted by Gasteiger charge is 2.20. The van der Waals surface area contributed by atoms with Crippen LogP contribution in [-0.2, 0) is 0 Å². The van der Waals surface area contributed by atoms with Crippen molar-refractivity contribution in [1.29, 1.82) is 0 Å². The highest BCUT2D eigenvalue weighted by atomic mass is 14.9. The molecule has 0 aromatic rings. The van der Waals surface area contributed by atoms with Crippen LogP contribution >= 0.6 is 0 Å². The Bertz CT molecular complexity index is 161. The first kappa shape index (κ1) is 13.0. The fourth-order valence-corrected chi connectivity index (χ4v) is 2.50. The van der Waals surface area contributed by atoms with Crippen LogP contribution < -0.4 is 5.32 Å². The highest BCUT2D eigenvalue weighted by Crippen LogP contribution is 2.30. The molecule has 1 fully saturated rings. The van der Waals surface area contributed by atoms with Crippen LogP contribution in [0.5, 0.6) is 0 Å². The molecule has 0 radical (unpaired) electrons. The average Bonchev–Trinajstić information content (AvgIpc) is 2.17. The number of rotatable bonds is 4. The molecular weight excluding hydrogens is 182 g/mol. The zero-order valence-corrected chi connectivity index (χ0v) is 11.1. The molecule has 0 amide bonds. The monoisotopic (exact) mass is 211 g/mol. The fraction of sp³-hybridized carbons (Fsp3) is 1.00. The van der Waals surface area contributed by atoms with Gasteiger partial charge in [0.2, 0.25) is 0 Å². The third-order valence-electron chi connectivity index (χ3n) is 3.63. The molecule has 0 unspecified atom stereocenters. The van der Waals surface area contributed by atoms with Gasteiger partial charge in [0, 0.05) is 0 Å². The first-order valence-electron chi connectivity index (χ1n) is 6.72. The summed E-state index contributed by atoms with van der Waals surface area (Å²) in [5.41, 5.74) is 0.431. The topological polar surface area (TPSA) is 12.0 Å². The number of hydrogen-bond acceptors (Lipinski definition) is 1. The van der Waals surface area contributed by atoms with Crippen molar-refractivity contribution in [2.24, 2.45) is 17.3 Å². The van der Waals surface area contributed by atoms with E-state index in [0.29, 0.717) is 5.41 Å². The first-order valence-corrected chi connectivity index (χ1v) is 6.72. The van der Waals surface area contributed by atoms with Crippen molar-refractivity contribution in [3.05, 3.63) is 0 Å². The van der Waals surface area contributed by atoms with Gasteiger partial charge in [0.05, 0.1) is 0 Å². The van der Waals surface area contributed by atoms with Crippen LogP contribution in [0, 0.1) is 17.3 Å². The average molecular weight is 211 g/mol. The lowest BCUT2D eigenvalue weighted by molar-refractivity contribution is 0.253. The van der Waals surface area contributed by atoms with Gasteiger partial charge >= 0.3 is 0 Å². The van der Waals surface area contributed by atoms with Crippen molar-refractivity contribution in [3.63, 3.8) is 0 Å². The molecule has 0 aromatic heterocycles. The Balaban J connectivity index is 2.09. The molecule has 1 aliphatic rings. The van der Waals surface area contributed by atoms with E-state index in [2.05, 4.69) is 33.0 Å². The molecule has 1 nitrogen and oxygen atoms in total. The van der Waals surface area contributed by atoms with Crippen molar-refractivity contribution in [2.45, 2.75) is 59.8 Å². The van der Waals surface area contributed by atoms with Crippen LogP contribution in [0.25, 0.3) is 0 Å². The molecule has 90 valence electrons. The van der Waals surface area contributed by atoms with E-state index in [1.807, 2.05) is 0 Å². The molecular formula is C14H29N.